The largest absolute Gasteiger partial charge is 0.228 e. The lowest BCUT2D eigenvalue weighted by molar-refractivity contribution is 0.639. The number of rotatable bonds is 1. The molecule has 0 aliphatic carbocycles. The lowest BCUT2D eigenvalue weighted by Crippen LogP contribution is -1.95. The predicted molar refractivity (Wildman–Crippen MR) is 74.7 cm³/mol. The Balaban J connectivity index is 2.34. The highest BCUT2D eigenvalue weighted by Crippen LogP contribution is 2.28. The van der Waals surface area contributed by atoms with Gasteiger partial charge in [0.2, 0.25) is 0 Å². The van der Waals surface area contributed by atoms with Crippen LogP contribution >= 0.6 is 11.6 Å². The zero-order valence-electron chi connectivity index (χ0n) is 10.2. The quantitative estimate of drug-likeness (QED) is 0.614. The van der Waals surface area contributed by atoms with Gasteiger partial charge in [-0.25, -0.2) is 14.4 Å². The fourth-order valence-corrected chi connectivity index (χ4v) is 2.27. The van der Waals surface area contributed by atoms with Gasteiger partial charge >= 0.3 is 0 Å². The summed E-state index contributed by atoms with van der Waals surface area (Å²) in [6.45, 7) is 1.87. The molecule has 0 fully saturated rings. The number of aromatic nitrogens is 2. The van der Waals surface area contributed by atoms with Crippen molar-refractivity contribution in [2.24, 2.45) is 0 Å². The van der Waals surface area contributed by atoms with Gasteiger partial charge in [0.05, 0.1) is 10.9 Å². The van der Waals surface area contributed by atoms with E-state index in [-0.39, 0.29) is 10.5 Å². The summed E-state index contributed by atoms with van der Waals surface area (Å²) in [5.41, 5.74) is 2.28. The zero-order chi connectivity index (χ0) is 13.4. The molecular weight excluding hydrogens is 263 g/mol. The summed E-state index contributed by atoms with van der Waals surface area (Å²) in [6.07, 6.45) is 0. The number of hydrogen-bond acceptors (Lipinski definition) is 2. The Bertz CT molecular complexity index is 757. The van der Waals surface area contributed by atoms with E-state index >= 15 is 0 Å². The van der Waals surface area contributed by atoms with Gasteiger partial charge < -0.3 is 0 Å². The smallest absolute Gasteiger partial charge is 0.161 e. The van der Waals surface area contributed by atoms with Crippen molar-refractivity contribution in [2.75, 3.05) is 0 Å². The van der Waals surface area contributed by atoms with E-state index in [1.165, 1.54) is 6.07 Å². The standard InChI is InChI=1S/C15H10ClFN2/c1-9-7-8-11(17)12-13(9)18-15(19-14(12)16)10-5-3-2-4-6-10/h2-8H,1H3. The third kappa shape index (κ3) is 2.06. The van der Waals surface area contributed by atoms with E-state index in [1.807, 2.05) is 37.3 Å². The minimum Gasteiger partial charge on any atom is -0.228 e. The van der Waals surface area contributed by atoms with Crippen molar-refractivity contribution in [2.45, 2.75) is 6.92 Å². The molecule has 0 bridgehead atoms. The first kappa shape index (κ1) is 12.1. The molecule has 3 rings (SSSR count). The summed E-state index contributed by atoms with van der Waals surface area (Å²) in [6, 6.07) is 12.6. The molecule has 2 aromatic carbocycles. The highest BCUT2D eigenvalue weighted by molar-refractivity contribution is 6.34. The van der Waals surface area contributed by atoms with Crippen LogP contribution in [0.3, 0.4) is 0 Å². The molecule has 0 saturated heterocycles. The van der Waals surface area contributed by atoms with Crippen LogP contribution in [-0.2, 0) is 0 Å². The molecule has 0 unspecified atom stereocenters. The Morgan fingerprint density at radius 2 is 1.74 bits per heavy atom. The van der Waals surface area contributed by atoms with Crippen LogP contribution in [0, 0.1) is 12.7 Å². The number of halogens is 2. The predicted octanol–water partition coefficient (Wildman–Crippen LogP) is 4.40. The molecule has 19 heavy (non-hydrogen) atoms. The molecule has 1 heterocycles. The maximum absolute atomic E-state index is 13.8. The summed E-state index contributed by atoms with van der Waals surface area (Å²) in [4.78, 5) is 8.62. The van der Waals surface area contributed by atoms with Gasteiger partial charge in [-0.3, -0.25) is 0 Å². The van der Waals surface area contributed by atoms with Crippen LogP contribution in [0.15, 0.2) is 42.5 Å². The van der Waals surface area contributed by atoms with Gasteiger partial charge in [-0.1, -0.05) is 48.0 Å². The molecule has 0 spiro atoms. The molecule has 1 aromatic heterocycles. The van der Waals surface area contributed by atoms with Gasteiger partial charge in [0.15, 0.2) is 5.82 Å². The molecule has 0 aliphatic rings. The first-order valence-electron chi connectivity index (χ1n) is 5.84. The van der Waals surface area contributed by atoms with Gasteiger partial charge in [0.25, 0.3) is 0 Å². The van der Waals surface area contributed by atoms with Crippen molar-refractivity contribution < 1.29 is 4.39 Å². The van der Waals surface area contributed by atoms with Crippen LogP contribution in [-0.4, -0.2) is 9.97 Å². The lowest BCUT2D eigenvalue weighted by Gasteiger charge is -2.07. The molecule has 0 N–H and O–H groups in total. The van der Waals surface area contributed by atoms with Crippen LogP contribution in [0.2, 0.25) is 5.15 Å². The van der Waals surface area contributed by atoms with Crippen molar-refractivity contribution in [1.82, 2.24) is 9.97 Å². The van der Waals surface area contributed by atoms with E-state index in [0.717, 1.165) is 11.1 Å². The van der Waals surface area contributed by atoms with Gasteiger partial charge in [0.1, 0.15) is 11.0 Å². The topological polar surface area (TPSA) is 25.8 Å². The minimum absolute atomic E-state index is 0.144. The van der Waals surface area contributed by atoms with E-state index in [2.05, 4.69) is 9.97 Å². The van der Waals surface area contributed by atoms with Crippen molar-refractivity contribution in [1.29, 1.82) is 0 Å². The first-order chi connectivity index (χ1) is 9.16. The summed E-state index contributed by atoms with van der Waals surface area (Å²) in [7, 11) is 0. The zero-order valence-corrected chi connectivity index (χ0v) is 10.9. The van der Waals surface area contributed by atoms with Crippen LogP contribution in [0.5, 0.6) is 0 Å². The van der Waals surface area contributed by atoms with Gasteiger partial charge in [-0.15, -0.1) is 0 Å². The normalized spacial score (nSPS) is 10.9. The highest BCUT2D eigenvalue weighted by atomic mass is 35.5. The maximum Gasteiger partial charge on any atom is 0.161 e. The highest BCUT2D eigenvalue weighted by Gasteiger charge is 2.13. The fourth-order valence-electron chi connectivity index (χ4n) is 2.01. The Labute approximate surface area is 114 Å². The molecule has 0 amide bonds. The third-order valence-electron chi connectivity index (χ3n) is 2.99. The average Bonchev–Trinajstić information content (AvgIpc) is 2.43. The van der Waals surface area contributed by atoms with Gasteiger partial charge in [-0.2, -0.15) is 0 Å². The van der Waals surface area contributed by atoms with Crippen molar-refractivity contribution in [3.05, 3.63) is 59.0 Å². The Hall–Kier alpha value is -2.00. The van der Waals surface area contributed by atoms with Gasteiger partial charge in [0, 0.05) is 5.56 Å². The average molecular weight is 273 g/mol. The maximum atomic E-state index is 13.8. The number of hydrogen-bond donors (Lipinski definition) is 0. The molecule has 4 heteroatoms. The number of benzene rings is 2. The first-order valence-corrected chi connectivity index (χ1v) is 6.22. The molecule has 94 valence electrons. The Kier molecular flexibility index (Phi) is 2.91. The van der Waals surface area contributed by atoms with Crippen molar-refractivity contribution in [3.63, 3.8) is 0 Å². The van der Waals surface area contributed by atoms with Crippen LogP contribution in [0.25, 0.3) is 22.3 Å². The second-order valence-electron chi connectivity index (χ2n) is 4.29. The summed E-state index contributed by atoms with van der Waals surface area (Å²) >= 11 is 6.10. The summed E-state index contributed by atoms with van der Waals surface area (Å²) < 4.78 is 13.8. The molecule has 0 atom stereocenters. The van der Waals surface area contributed by atoms with Crippen LogP contribution < -0.4 is 0 Å². The van der Waals surface area contributed by atoms with E-state index < -0.39 is 5.82 Å². The van der Waals surface area contributed by atoms with E-state index in [9.17, 15) is 4.39 Å². The lowest BCUT2D eigenvalue weighted by atomic mass is 10.1. The van der Waals surface area contributed by atoms with Gasteiger partial charge in [-0.05, 0) is 18.6 Å². The second-order valence-corrected chi connectivity index (χ2v) is 4.65. The Morgan fingerprint density at radius 3 is 2.47 bits per heavy atom. The fraction of sp³-hybridized carbons (Fsp3) is 0.0667. The monoisotopic (exact) mass is 272 g/mol. The SMILES string of the molecule is Cc1ccc(F)c2c(Cl)nc(-c3ccccc3)nc12. The third-order valence-corrected chi connectivity index (χ3v) is 3.26. The molecule has 2 nitrogen and oxygen atoms in total. The number of fused-ring (bicyclic) bond motifs is 1. The molecule has 0 aliphatic heterocycles. The van der Waals surface area contributed by atoms with E-state index in [1.54, 1.807) is 6.07 Å². The van der Waals surface area contributed by atoms with Crippen molar-refractivity contribution in [3.8, 4) is 11.4 Å². The van der Waals surface area contributed by atoms with E-state index in [4.69, 9.17) is 11.6 Å². The molecule has 3 aromatic rings. The second kappa shape index (κ2) is 4.59. The molecular formula is C15H10ClFN2. The molecule has 0 radical (unpaired) electrons. The summed E-state index contributed by atoms with van der Waals surface area (Å²) in [5, 5.41) is 0.423. The van der Waals surface area contributed by atoms with Crippen LogP contribution in [0.4, 0.5) is 4.39 Å². The van der Waals surface area contributed by atoms with Crippen LogP contribution in [0.1, 0.15) is 5.56 Å². The molecule has 0 saturated carbocycles. The van der Waals surface area contributed by atoms with E-state index in [0.29, 0.717) is 11.3 Å². The number of nitrogens with zero attached hydrogens (tertiary/aromatic N) is 2. The number of aryl methyl sites for hydroxylation is 1. The minimum atomic E-state index is -0.398. The van der Waals surface area contributed by atoms with Crippen molar-refractivity contribution >= 4 is 22.5 Å². The summed E-state index contributed by atoms with van der Waals surface area (Å²) in [5.74, 6) is 0.108. The Morgan fingerprint density at radius 1 is 1.00 bits per heavy atom.